The Bertz CT molecular complexity index is 794. The molecule has 0 atom stereocenters. The van der Waals surface area contributed by atoms with E-state index in [1.165, 1.54) is 6.33 Å². The Hall–Kier alpha value is -2.31. The molecule has 0 aliphatic heterocycles. The van der Waals surface area contributed by atoms with Gasteiger partial charge in [-0.25, -0.2) is 17.5 Å². The maximum absolute atomic E-state index is 13.2. The quantitative estimate of drug-likeness (QED) is 0.858. The Labute approximate surface area is 121 Å². The van der Waals surface area contributed by atoms with Gasteiger partial charge in [-0.1, -0.05) is 0 Å². The van der Waals surface area contributed by atoms with E-state index >= 15 is 0 Å². The first-order valence-corrected chi connectivity index (χ1v) is 7.44. The lowest BCUT2D eigenvalue weighted by molar-refractivity contribution is 0.579. The number of aromatic nitrogens is 3. The fourth-order valence-electron chi connectivity index (χ4n) is 1.67. The molecule has 0 unspecified atom stereocenters. The van der Waals surface area contributed by atoms with Gasteiger partial charge in [0.05, 0.1) is 10.5 Å². The van der Waals surface area contributed by atoms with E-state index in [0.717, 1.165) is 18.2 Å². The molecule has 0 fully saturated rings. The minimum atomic E-state index is -3.80. The molecule has 0 aliphatic rings. The van der Waals surface area contributed by atoms with E-state index < -0.39 is 15.8 Å². The van der Waals surface area contributed by atoms with Crippen molar-refractivity contribution in [2.45, 2.75) is 11.3 Å². The minimum absolute atomic E-state index is 0.119. The summed E-state index contributed by atoms with van der Waals surface area (Å²) in [6.07, 6.45) is 1.88. The number of benzene rings is 1. The number of hydrogen-bond acceptors (Lipinski definition) is 5. The van der Waals surface area contributed by atoms with Crippen LogP contribution in [-0.2, 0) is 23.5 Å². The summed E-state index contributed by atoms with van der Waals surface area (Å²) in [6.45, 7) is 0.119. The van der Waals surface area contributed by atoms with Crippen molar-refractivity contribution in [3.05, 3.63) is 41.7 Å². The van der Waals surface area contributed by atoms with Crippen LogP contribution in [0.1, 0.15) is 11.4 Å². The minimum Gasteiger partial charge on any atom is -0.321 e. The Morgan fingerprint density at radius 2 is 2.24 bits per heavy atom. The predicted molar refractivity (Wildman–Crippen MR) is 71.0 cm³/mol. The van der Waals surface area contributed by atoms with Gasteiger partial charge in [-0.15, -0.1) is 10.2 Å². The normalized spacial score (nSPS) is 11.3. The molecular formula is C12H12FN5O2S. The summed E-state index contributed by atoms with van der Waals surface area (Å²) < 4.78 is 41.3. The van der Waals surface area contributed by atoms with Gasteiger partial charge in [-0.3, -0.25) is 0 Å². The van der Waals surface area contributed by atoms with Crippen molar-refractivity contribution in [1.29, 1.82) is 5.26 Å². The van der Waals surface area contributed by atoms with Crippen molar-refractivity contribution in [3.63, 3.8) is 0 Å². The fourth-order valence-corrected chi connectivity index (χ4v) is 2.73. The summed E-state index contributed by atoms with van der Waals surface area (Å²) in [5.74, 6) is -0.120. The number of rotatable bonds is 5. The molecule has 0 saturated carbocycles. The van der Waals surface area contributed by atoms with Crippen LogP contribution in [0.25, 0.3) is 0 Å². The first-order valence-electron chi connectivity index (χ1n) is 5.96. The number of nitrogens with one attached hydrogen (secondary N) is 1. The van der Waals surface area contributed by atoms with Gasteiger partial charge < -0.3 is 4.57 Å². The molecule has 7 nitrogen and oxygen atoms in total. The smallest absolute Gasteiger partial charge is 0.240 e. The largest absolute Gasteiger partial charge is 0.321 e. The van der Waals surface area contributed by atoms with Crippen molar-refractivity contribution in [2.75, 3.05) is 6.54 Å². The average Bonchev–Trinajstić information content (AvgIpc) is 2.84. The Kier molecular flexibility index (Phi) is 4.30. The lowest BCUT2D eigenvalue weighted by atomic mass is 10.2. The van der Waals surface area contributed by atoms with Gasteiger partial charge in [0, 0.05) is 20.0 Å². The second-order valence-electron chi connectivity index (χ2n) is 4.26. The summed E-state index contributed by atoms with van der Waals surface area (Å²) in [5, 5.41) is 16.2. The average molecular weight is 309 g/mol. The molecule has 2 rings (SSSR count). The maximum Gasteiger partial charge on any atom is 0.240 e. The molecule has 110 valence electrons. The van der Waals surface area contributed by atoms with Crippen LogP contribution in [0.2, 0.25) is 0 Å². The number of halogens is 1. The first kappa shape index (κ1) is 15.1. The molecular weight excluding hydrogens is 297 g/mol. The van der Waals surface area contributed by atoms with Crippen LogP contribution in [0.4, 0.5) is 4.39 Å². The van der Waals surface area contributed by atoms with Gasteiger partial charge in [0.15, 0.2) is 0 Å². The van der Waals surface area contributed by atoms with E-state index in [4.69, 9.17) is 5.26 Å². The van der Waals surface area contributed by atoms with E-state index in [-0.39, 0.29) is 17.0 Å². The van der Waals surface area contributed by atoms with E-state index in [1.807, 2.05) is 0 Å². The second kappa shape index (κ2) is 5.99. The van der Waals surface area contributed by atoms with Crippen molar-refractivity contribution in [2.24, 2.45) is 7.05 Å². The molecule has 2 aromatic rings. The zero-order valence-electron chi connectivity index (χ0n) is 11.1. The van der Waals surface area contributed by atoms with Gasteiger partial charge in [0.25, 0.3) is 0 Å². The van der Waals surface area contributed by atoms with Gasteiger partial charge >= 0.3 is 0 Å². The molecule has 0 aliphatic carbocycles. The molecule has 1 aromatic carbocycles. The summed E-state index contributed by atoms with van der Waals surface area (Å²) in [4.78, 5) is -0.154. The molecule has 1 heterocycles. The van der Waals surface area contributed by atoms with Crippen LogP contribution in [0, 0.1) is 17.1 Å². The third-order valence-electron chi connectivity index (χ3n) is 2.81. The topological polar surface area (TPSA) is 101 Å². The van der Waals surface area contributed by atoms with E-state index in [2.05, 4.69) is 14.9 Å². The van der Waals surface area contributed by atoms with Crippen LogP contribution < -0.4 is 4.72 Å². The van der Waals surface area contributed by atoms with Gasteiger partial charge in [0.1, 0.15) is 24.0 Å². The molecule has 1 aromatic heterocycles. The summed E-state index contributed by atoms with van der Waals surface area (Å²) in [5.41, 5.74) is -0.314. The molecule has 0 spiro atoms. The third-order valence-corrected chi connectivity index (χ3v) is 4.27. The Balaban J connectivity index is 2.09. The number of hydrogen-bond donors (Lipinski definition) is 1. The standard InChI is InChI=1S/C12H12FN5O2S/c1-18-8-15-17-12(18)4-5-16-21(19,20)10-2-3-11(13)9(6-10)7-14/h2-3,6,8,16H,4-5H2,1H3. The van der Waals surface area contributed by atoms with Gasteiger partial charge in [-0.2, -0.15) is 5.26 Å². The highest BCUT2D eigenvalue weighted by Crippen LogP contribution is 2.14. The monoisotopic (exact) mass is 309 g/mol. The maximum atomic E-state index is 13.2. The number of sulfonamides is 1. The molecule has 0 saturated heterocycles. The molecule has 1 N–H and O–H groups in total. The highest BCUT2D eigenvalue weighted by molar-refractivity contribution is 7.89. The van der Waals surface area contributed by atoms with Gasteiger partial charge in [0.2, 0.25) is 10.0 Å². The molecule has 21 heavy (non-hydrogen) atoms. The third kappa shape index (κ3) is 3.42. The van der Waals surface area contributed by atoms with E-state index in [9.17, 15) is 12.8 Å². The van der Waals surface area contributed by atoms with Crippen LogP contribution in [0.15, 0.2) is 29.4 Å². The molecule has 0 radical (unpaired) electrons. The van der Waals surface area contributed by atoms with Crippen molar-refractivity contribution >= 4 is 10.0 Å². The van der Waals surface area contributed by atoms with Crippen molar-refractivity contribution < 1.29 is 12.8 Å². The zero-order chi connectivity index (χ0) is 15.5. The van der Waals surface area contributed by atoms with Crippen molar-refractivity contribution in [1.82, 2.24) is 19.5 Å². The second-order valence-corrected chi connectivity index (χ2v) is 6.03. The molecule has 0 bridgehead atoms. The summed E-state index contributed by atoms with van der Waals surface area (Å²) in [6, 6.07) is 4.67. The first-order chi connectivity index (χ1) is 9.94. The summed E-state index contributed by atoms with van der Waals surface area (Å²) >= 11 is 0. The van der Waals surface area contributed by atoms with Crippen molar-refractivity contribution in [3.8, 4) is 6.07 Å². The highest BCUT2D eigenvalue weighted by Gasteiger charge is 2.16. The number of nitriles is 1. The highest BCUT2D eigenvalue weighted by atomic mass is 32.2. The lowest BCUT2D eigenvalue weighted by Crippen LogP contribution is -2.26. The summed E-state index contributed by atoms with van der Waals surface area (Å²) in [7, 11) is -2.05. The Morgan fingerprint density at radius 3 is 2.86 bits per heavy atom. The molecule has 9 heteroatoms. The van der Waals surface area contributed by atoms with Crippen LogP contribution in [-0.4, -0.2) is 29.7 Å². The number of nitrogens with zero attached hydrogens (tertiary/aromatic N) is 4. The molecule has 0 amide bonds. The van der Waals surface area contributed by atoms with Crippen LogP contribution in [0.3, 0.4) is 0 Å². The number of aryl methyl sites for hydroxylation is 1. The zero-order valence-corrected chi connectivity index (χ0v) is 11.9. The Morgan fingerprint density at radius 1 is 1.48 bits per heavy atom. The SMILES string of the molecule is Cn1cnnc1CCNS(=O)(=O)c1ccc(F)c(C#N)c1. The van der Waals surface area contributed by atoms with Gasteiger partial charge in [-0.05, 0) is 18.2 Å². The van der Waals surface area contributed by atoms with Crippen LogP contribution in [0.5, 0.6) is 0 Å². The van der Waals surface area contributed by atoms with Crippen LogP contribution >= 0.6 is 0 Å². The fraction of sp³-hybridized carbons (Fsp3) is 0.250. The predicted octanol–water partition coefficient (Wildman–Crippen LogP) is 0.347. The van der Waals surface area contributed by atoms with E-state index in [0.29, 0.717) is 12.2 Å². The van der Waals surface area contributed by atoms with E-state index in [1.54, 1.807) is 17.7 Å². The lowest BCUT2D eigenvalue weighted by Gasteiger charge is -2.07.